The molecule has 0 amide bonds. The second kappa shape index (κ2) is 7.13. The zero-order valence-corrected chi connectivity index (χ0v) is 9.34. The van der Waals surface area contributed by atoms with E-state index in [0.29, 0.717) is 5.88 Å². The predicted molar refractivity (Wildman–Crippen MR) is 62.2 cm³/mol. The third kappa shape index (κ3) is 6.23. The van der Waals surface area contributed by atoms with Gasteiger partial charge in [0.15, 0.2) is 0 Å². The summed E-state index contributed by atoms with van der Waals surface area (Å²) in [6.45, 7) is 13.0. The fourth-order valence-electron chi connectivity index (χ4n) is 0.830. The minimum absolute atomic E-state index is 0.343. The molecule has 0 unspecified atom stereocenters. The number of aliphatic imine (C=N–C) groups is 1. The summed E-state index contributed by atoms with van der Waals surface area (Å²) in [6.07, 6.45) is 6.15. The Hall–Kier alpha value is -1.31. The summed E-state index contributed by atoms with van der Waals surface area (Å²) in [5.74, 6) is 1.15. The monoisotopic (exact) mass is 193 g/mol. The van der Waals surface area contributed by atoms with Gasteiger partial charge < -0.3 is 4.74 Å². The fraction of sp³-hybridized carbons (Fsp3) is 0.417. The van der Waals surface area contributed by atoms with Crippen molar-refractivity contribution in [3.05, 3.63) is 35.9 Å². The van der Waals surface area contributed by atoms with Crippen molar-refractivity contribution in [2.75, 3.05) is 0 Å². The summed E-state index contributed by atoms with van der Waals surface area (Å²) in [5.41, 5.74) is 1.38. The van der Waals surface area contributed by atoms with Crippen LogP contribution in [0.2, 0.25) is 0 Å². The van der Waals surface area contributed by atoms with Gasteiger partial charge in [0.2, 0.25) is 5.88 Å². The smallest absolute Gasteiger partial charge is 0.210 e. The molecule has 0 aromatic rings. The van der Waals surface area contributed by atoms with Crippen LogP contribution in [0.5, 0.6) is 0 Å². The van der Waals surface area contributed by atoms with Gasteiger partial charge in [-0.1, -0.05) is 18.6 Å². The van der Waals surface area contributed by atoms with Gasteiger partial charge in [0.1, 0.15) is 0 Å². The Morgan fingerprint density at radius 2 is 2.00 bits per heavy atom. The van der Waals surface area contributed by atoms with Crippen molar-refractivity contribution in [2.45, 2.75) is 33.6 Å². The molecule has 0 saturated carbocycles. The van der Waals surface area contributed by atoms with Gasteiger partial charge in [0.05, 0.1) is 5.76 Å². The molecule has 0 aromatic heterocycles. The van der Waals surface area contributed by atoms with Crippen LogP contribution in [0, 0.1) is 0 Å². The third-order valence-electron chi connectivity index (χ3n) is 1.88. The molecule has 14 heavy (non-hydrogen) atoms. The molecule has 0 N–H and O–H groups in total. The van der Waals surface area contributed by atoms with E-state index >= 15 is 0 Å². The van der Waals surface area contributed by atoms with E-state index in [4.69, 9.17) is 4.74 Å². The maximum atomic E-state index is 5.22. The van der Waals surface area contributed by atoms with Crippen LogP contribution in [0.25, 0.3) is 0 Å². The predicted octanol–water partition coefficient (Wildman–Crippen LogP) is 3.83. The first kappa shape index (κ1) is 12.7. The summed E-state index contributed by atoms with van der Waals surface area (Å²) in [5, 5.41) is 0. The normalized spacial score (nSPS) is 12.5. The second-order valence-corrected chi connectivity index (χ2v) is 3.11. The van der Waals surface area contributed by atoms with Crippen LogP contribution in [0.1, 0.15) is 33.6 Å². The molecule has 0 aromatic carbocycles. The SMILES string of the molecule is C=NC(=C)O/C(C)=C/C/C=C(\C)CC. The Morgan fingerprint density at radius 1 is 1.36 bits per heavy atom. The molecule has 2 heteroatoms. The quantitative estimate of drug-likeness (QED) is 0.357. The van der Waals surface area contributed by atoms with E-state index in [2.05, 4.69) is 38.2 Å². The van der Waals surface area contributed by atoms with Gasteiger partial charge in [-0.05, 0) is 46.1 Å². The van der Waals surface area contributed by atoms with E-state index in [1.54, 1.807) is 0 Å². The average molecular weight is 193 g/mol. The molecule has 0 aliphatic rings. The second-order valence-electron chi connectivity index (χ2n) is 3.11. The van der Waals surface area contributed by atoms with Crippen molar-refractivity contribution >= 4 is 6.72 Å². The van der Waals surface area contributed by atoms with E-state index in [1.807, 2.05) is 13.0 Å². The molecule has 0 atom stereocenters. The summed E-state index contributed by atoms with van der Waals surface area (Å²) in [4.78, 5) is 3.56. The standard InChI is InChI=1S/C12H19NO/c1-6-10(2)8-7-9-11(3)14-12(4)13-5/h8-9H,4-7H2,1-3H3/b10-8+,11-9+. The Kier molecular flexibility index (Phi) is 6.46. The van der Waals surface area contributed by atoms with E-state index in [0.717, 1.165) is 18.6 Å². The maximum absolute atomic E-state index is 5.22. The number of nitrogens with zero attached hydrogens (tertiary/aromatic N) is 1. The van der Waals surface area contributed by atoms with Gasteiger partial charge in [-0.2, -0.15) is 0 Å². The van der Waals surface area contributed by atoms with Crippen LogP contribution >= 0.6 is 0 Å². The highest BCUT2D eigenvalue weighted by molar-refractivity contribution is 5.26. The molecule has 0 saturated heterocycles. The molecule has 0 fully saturated rings. The molecule has 0 heterocycles. The van der Waals surface area contributed by atoms with Gasteiger partial charge in [-0.3, -0.25) is 0 Å². The third-order valence-corrected chi connectivity index (χ3v) is 1.88. The number of hydrogen-bond donors (Lipinski definition) is 0. The largest absolute Gasteiger partial charge is 0.445 e. The lowest BCUT2D eigenvalue weighted by atomic mass is 10.2. The van der Waals surface area contributed by atoms with Gasteiger partial charge in [-0.25, -0.2) is 4.99 Å². The summed E-state index contributed by atoms with van der Waals surface area (Å²) < 4.78 is 5.22. The zero-order chi connectivity index (χ0) is 11.0. The lowest BCUT2D eigenvalue weighted by Gasteiger charge is -2.02. The van der Waals surface area contributed by atoms with Crippen molar-refractivity contribution in [3.63, 3.8) is 0 Å². The summed E-state index contributed by atoms with van der Waals surface area (Å²) in [6, 6.07) is 0. The van der Waals surface area contributed by atoms with Crippen molar-refractivity contribution in [1.82, 2.24) is 0 Å². The maximum Gasteiger partial charge on any atom is 0.210 e. The van der Waals surface area contributed by atoms with Crippen LogP contribution < -0.4 is 0 Å². The minimum atomic E-state index is 0.343. The van der Waals surface area contributed by atoms with Crippen molar-refractivity contribution in [2.24, 2.45) is 4.99 Å². The molecule has 0 aliphatic heterocycles. The van der Waals surface area contributed by atoms with Crippen molar-refractivity contribution in [3.8, 4) is 0 Å². The molecule has 78 valence electrons. The lowest BCUT2D eigenvalue weighted by Crippen LogP contribution is -1.84. The highest BCUT2D eigenvalue weighted by Crippen LogP contribution is 2.07. The van der Waals surface area contributed by atoms with E-state index in [9.17, 15) is 0 Å². The Labute approximate surface area is 86.7 Å². The molecular formula is C12H19NO. The molecule has 0 rings (SSSR count). The van der Waals surface area contributed by atoms with Crippen LogP contribution in [-0.2, 0) is 4.74 Å². The number of hydrogen-bond acceptors (Lipinski definition) is 2. The van der Waals surface area contributed by atoms with Gasteiger partial charge in [0.25, 0.3) is 0 Å². The topological polar surface area (TPSA) is 21.6 Å². The van der Waals surface area contributed by atoms with Gasteiger partial charge in [0, 0.05) is 0 Å². The fourth-order valence-corrected chi connectivity index (χ4v) is 0.830. The Bertz CT molecular complexity index is 261. The minimum Gasteiger partial charge on any atom is -0.445 e. The molecule has 0 radical (unpaired) electrons. The van der Waals surface area contributed by atoms with E-state index in [-0.39, 0.29) is 0 Å². The van der Waals surface area contributed by atoms with E-state index in [1.165, 1.54) is 5.57 Å². The first-order chi connectivity index (χ1) is 6.60. The molecule has 0 aliphatic carbocycles. The van der Waals surface area contributed by atoms with E-state index < -0.39 is 0 Å². The summed E-state index contributed by atoms with van der Waals surface area (Å²) in [7, 11) is 0. The Morgan fingerprint density at radius 3 is 2.50 bits per heavy atom. The van der Waals surface area contributed by atoms with Crippen LogP contribution in [0.3, 0.4) is 0 Å². The number of allylic oxidation sites excluding steroid dienone is 4. The van der Waals surface area contributed by atoms with Gasteiger partial charge in [-0.15, -0.1) is 0 Å². The van der Waals surface area contributed by atoms with Gasteiger partial charge >= 0.3 is 0 Å². The van der Waals surface area contributed by atoms with Crippen LogP contribution in [0.15, 0.2) is 40.9 Å². The van der Waals surface area contributed by atoms with Crippen molar-refractivity contribution in [1.29, 1.82) is 0 Å². The molecule has 0 bridgehead atoms. The highest BCUT2D eigenvalue weighted by Gasteiger charge is 1.91. The summed E-state index contributed by atoms with van der Waals surface area (Å²) >= 11 is 0. The number of rotatable bonds is 6. The highest BCUT2D eigenvalue weighted by atomic mass is 16.5. The molecular weight excluding hydrogens is 174 g/mol. The number of ether oxygens (including phenoxy) is 1. The molecule has 0 spiro atoms. The zero-order valence-electron chi connectivity index (χ0n) is 9.34. The lowest BCUT2D eigenvalue weighted by molar-refractivity contribution is 0.305. The first-order valence-electron chi connectivity index (χ1n) is 4.76. The van der Waals surface area contributed by atoms with Crippen LogP contribution in [-0.4, -0.2) is 6.72 Å². The van der Waals surface area contributed by atoms with Crippen molar-refractivity contribution < 1.29 is 4.74 Å². The first-order valence-corrected chi connectivity index (χ1v) is 4.76. The van der Waals surface area contributed by atoms with Crippen LogP contribution in [0.4, 0.5) is 0 Å². The Balaban J connectivity index is 4.00. The molecule has 2 nitrogen and oxygen atoms in total. The average Bonchev–Trinajstić information content (AvgIpc) is 2.17.